The molecule has 24 heavy (non-hydrogen) atoms. The van der Waals surface area contributed by atoms with Gasteiger partial charge in [-0.2, -0.15) is 0 Å². The average Bonchev–Trinajstić information content (AvgIpc) is 2.82. The third kappa shape index (κ3) is 3.51. The first kappa shape index (κ1) is 16.3. The van der Waals surface area contributed by atoms with Crippen LogP contribution in [0.1, 0.15) is 16.7 Å². The van der Waals surface area contributed by atoms with E-state index in [0.717, 1.165) is 28.6 Å². The van der Waals surface area contributed by atoms with Crippen LogP contribution in [0.4, 0.5) is 10.5 Å². The topological polar surface area (TPSA) is 49.4 Å². The van der Waals surface area contributed by atoms with E-state index in [2.05, 4.69) is 11.4 Å². The molecule has 1 aliphatic rings. The number of thioether (sulfide) groups is 1. The van der Waals surface area contributed by atoms with Crippen molar-refractivity contribution in [3.8, 4) is 0 Å². The van der Waals surface area contributed by atoms with Gasteiger partial charge in [0.15, 0.2) is 0 Å². The Kier molecular flexibility index (Phi) is 4.71. The molecule has 3 rings (SSSR count). The van der Waals surface area contributed by atoms with Crippen molar-refractivity contribution >= 4 is 34.7 Å². The van der Waals surface area contributed by atoms with E-state index < -0.39 is 0 Å². The summed E-state index contributed by atoms with van der Waals surface area (Å²) in [6.45, 7) is 4.20. The standard InChI is InChI=1S/C19H18N2O2S/c1-13-8-9-16(14(2)10-13)20-12-21-18(22)17(24-19(21)23)11-15-6-4-3-5-7-15/h3-11,20H,12H2,1-2H3. The fourth-order valence-electron chi connectivity index (χ4n) is 2.51. The summed E-state index contributed by atoms with van der Waals surface area (Å²) in [5.74, 6) is -0.258. The maximum absolute atomic E-state index is 12.5. The first-order valence-corrected chi connectivity index (χ1v) is 8.48. The molecule has 122 valence electrons. The van der Waals surface area contributed by atoms with E-state index >= 15 is 0 Å². The normalized spacial score (nSPS) is 16.1. The van der Waals surface area contributed by atoms with Crippen molar-refractivity contribution < 1.29 is 9.59 Å². The van der Waals surface area contributed by atoms with Gasteiger partial charge in [0.25, 0.3) is 11.1 Å². The molecule has 1 N–H and O–H groups in total. The maximum Gasteiger partial charge on any atom is 0.295 e. The summed E-state index contributed by atoms with van der Waals surface area (Å²) in [7, 11) is 0. The average molecular weight is 338 g/mol. The van der Waals surface area contributed by atoms with Gasteiger partial charge in [-0.25, -0.2) is 0 Å². The number of hydrogen-bond acceptors (Lipinski definition) is 4. The highest BCUT2D eigenvalue weighted by Crippen LogP contribution is 2.32. The quantitative estimate of drug-likeness (QED) is 0.839. The van der Waals surface area contributed by atoms with Crippen LogP contribution in [0, 0.1) is 13.8 Å². The molecule has 2 aromatic rings. The molecule has 2 amide bonds. The number of amides is 2. The largest absolute Gasteiger partial charge is 0.367 e. The lowest BCUT2D eigenvalue weighted by molar-refractivity contribution is -0.122. The van der Waals surface area contributed by atoms with Gasteiger partial charge in [-0.1, -0.05) is 48.0 Å². The lowest BCUT2D eigenvalue weighted by Crippen LogP contribution is -2.33. The Hall–Kier alpha value is -2.53. The molecule has 5 heteroatoms. The van der Waals surface area contributed by atoms with Gasteiger partial charge in [-0.05, 0) is 48.9 Å². The van der Waals surface area contributed by atoms with Gasteiger partial charge < -0.3 is 5.32 Å². The predicted octanol–water partition coefficient (Wildman–Crippen LogP) is 4.41. The number of hydrogen-bond donors (Lipinski definition) is 1. The van der Waals surface area contributed by atoms with Crippen LogP contribution in [-0.2, 0) is 4.79 Å². The molecule has 1 saturated heterocycles. The summed E-state index contributed by atoms with van der Waals surface area (Å²) in [5, 5.41) is 2.92. The molecule has 0 aliphatic carbocycles. The van der Waals surface area contributed by atoms with Crippen molar-refractivity contribution in [2.45, 2.75) is 13.8 Å². The number of carbonyl (C=O) groups is 2. The van der Waals surface area contributed by atoms with E-state index in [9.17, 15) is 9.59 Å². The Morgan fingerprint density at radius 1 is 1.08 bits per heavy atom. The second-order valence-electron chi connectivity index (χ2n) is 5.67. The minimum atomic E-state index is -0.258. The highest BCUT2D eigenvalue weighted by molar-refractivity contribution is 8.18. The number of rotatable bonds is 4. The van der Waals surface area contributed by atoms with E-state index in [-0.39, 0.29) is 17.8 Å². The number of carbonyl (C=O) groups excluding carboxylic acids is 2. The van der Waals surface area contributed by atoms with E-state index in [1.54, 1.807) is 6.08 Å². The number of nitrogens with zero attached hydrogens (tertiary/aromatic N) is 1. The molecule has 0 saturated carbocycles. The minimum absolute atomic E-state index is 0.167. The summed E-state index contributed by atoms with van der Waals surface area (Å²) >= 11 is 0.977. The summed E-state index contributed by atoms with van der Waals surface area (Å²) in [5.41, 5.74) is 4.09. The van der Waals surface area contributed by atoms with Crippen molar-refractivity contribution in [2.75, 3.05) is 12.0 Å². The minimum Gasteiger partial charge on any atom is -0.367 e. The number of anilines is 1. The van der Waals surface area contributed by atoms with Crippen molar-refractivity contribution in [2.24, 2.45) is 0 Å². The molecule has 1 heterocycles. The molecule has 0 unspecified atom stereocenters. The van der Waals surface area contributed by atoms with Gasteiger partial charge in [-0.15, -0.1) is 0 Å². The lowest BCUT2D eigenvalue weighted by atomic mass is 10.1. The molecule has 0 spiro atoms. The molecule has 0 atom stereocenters. The Morgan fingerprint density at radius 2 is 1.83 bits per heavy atom. The molecule has 4 nitrogen and oxygen atoms in total. The van der Waals surface area contributed by atoms with Gasteiger partial charge in [0.2, 0.25) is 0 Å². The highest BCUT2D eigenvalue weighted by atomic mass is 32.2. The molecular formula is C19H18N2O2S. The summed E-state index contributed by atoms with van der Waals surface area (Å²) < 4.78 is 0. The third-order valence-corrected chi connectivity index (χ3v) is 4.69. The molecule has 1 aliphatic heterocycles. The number of aryl methyl sites for hydroxylation is 2. The van der Waals surface area contributed by atoms with Gasteiger partial charge in [0.1, 0.15) is 0 Å². The highest BCUT2D eigenvalue weighted by Gasteiger charge is 2.34. The Bertz CT molecular complexity index is 815. The number of benzene rings is 2. The third-order valence-electron chi connectivity index (χ3n) is 3.78. The smallest absolute Gasteiger partial charge is 0.295 e. The zero-order chi connectivity index (χ0) is 17.1. The van der Waals surface area contributed by atoms with Gasteiger partial charge >= 0.3 is 0 Å². The van der Waals surface area contributed by atoms with Gasteiger partial charge in [0, 0.05) is 5.69 Å². The second kappa shape index (κ2) is 6.93. The first-order valence-electron chi connectivity index (χ1n) is 7.66. The van der Waals surface area contributed by atoms with Crippen molar-refractivity contribution in [3.63, 3.8) is 0 Å². The zero-order valence-electron chi connectivity index (χ0n) is 13.6. The molecule has 0 radical (unpaired) electrons. The van der Waals surface area contributed by atoms with Crippen LogP contribution in [0.3, 0.4) is 0 Å². The van der Waals surface area contributed by atoms with E-state index in [1.165, 1.54) is 10.5 Å². The van der Waals surface area contributed by atoms with Gasteiger partial charge in [-0.3, -0.25) is 14.5 Å². The molecule has 1 fully saturated rings. The summed E-state index contributed by atoms with van der Waals surface area (Å²) in [6, 6.07) is 15.5. The van der Waals surface area contributed by atoms with Crippen molar-refractivity contribution in [3.05, 3.63) is 70.1 Å². The van der Waals surface area contributed by atoms with Crippen molar-refractivity contribution in [1.29, 1.82) is 0 Å². The van der Waals surface area contributed by atoms with Crippen LogP contribution in [-0.4, -0.2) is 22.7 Å². The summed E-state index contributed by atoms with van der Waals surface area (Å²) in [4.78, 5) is 26.3. The monoisotopic (exact) mass is 338 g/mol. The fourth-order valence-corrected chi connectivity index (χ4v) is 3.35. The lowest BCUT2D eigenvalue weighted by Gasteiger charge is -2.16. The number of imide groups is 1. The number of nitrogens with one attached hydrogen (secondary N) is 1. The molecule has 0 bridgehead atoms. The molecule has 2 aromatic carbocycles. The van der Waals surface area contributed by atoms with Crippen LogP contribution < -0.4 is 5.32 Å². The molecule has 0 aromatic heterocycles. The van der Waals surface area contributed by atoms with Gasteiger partial charge in [0.05, 0.1) is 11.6 Å². The van der Waals surface area contributed by atoms with E-state index in [4.69, 9.17) is 0 Å². The van der Waals surface area contributed by atoms with Crippen LogP contribution in [0.2, 0.25) is 0 Å². The van der Waals surface area contributed by atoms with Crippen LogP contribution in [0.5, 0.6) is 0 Å². The van der Waals surface area contributed by atoms with E-state index in [0.29, 0.717) is 4.91 Å². The van der Waals surface area contributed by atoms with E-state index in [1.807, 2.05) is 56.3 Å². The first-order chi connectivity index (χ1) is 11.5. The van der Waals surface area contributed by atoms with Crippen LogP contribution in [0.15, 0.2) is 53.4 Å². The Balaban J connectivity index is 1.72. The Morgan fingerprint density at radius 3 is 2.54 bits per heavy atom. The predicted molar refractivity (Wildman–Crippen MR) is 98.7 cm³/mol. The Labute approximate surface area is 145 Å². The zero-order valence-corrected chi connectivity index (χ0v) is 14.4. The maximum atomic E-state index is 12.5. The van der Waals surface area contributed by atoms with Crippen molar-refractivity contribution in [1.82, 2.24) is 4.90 Å². The SMILES string of the molecule is Cc1ccc(NCN2C(=O)SC(=Cc3ccccc3)C2=O)c(C)c1. The fraction of sp³-hybridized carbons (Fsp3) is 0.158. The summed E-state index contributed by atoms with van der Waals surface area (Å²) in [6.07, 6.45) is 1.75. The second-order valence-corrected chi connectivity index (χ2v) is 6.67. The van der Waals surface area contributed by atoms with Crippen LogP contribution >= 0.6 is 11.8 Å². The van der Waals surface area contributed by atoms with Crippen LogP contribution in [0.25, 0.3) is 6.08 Å². The molecular weight excluding hydrogens is 320 g/mol.